The smallest absolute Gasteiger partial charge is 0.254 e. The van der Waals surface area contributed by atoms with Crippen LogP contribution < -0.4 is 10.6 Å². The molecular formula is C23H21N5O4S. The van der Waals surface area contributed by atoms with E-state index in [1.165, 1.54) is 36.5 Å². The van der Waals surface area contributed by atoms with Crippen molar-refractivity contribution < 1.29 is 18.0 Å². The Morgan fingerprint density at radius 2 is 1.70 bits per heavy atom. The maximum Gasteiger partial charge on any atom is 0.254 e. The molecule has 2 heterocycles. The summed E-state index contributed by atoms with van der Waals surface area (Å²) < 4.78 is 27.6. The van der Waals surface area contributed by atoms with Crippen LogP contribution in [0.2, 0.25) is 0 Å². The van der Waals surface area contributed by atoms with E-state index in [4.69, 9.17) is 0 Å². The van der Waals surface area contributed by atoms with Crippen LogP contribution in [0.3, 0.4) is 0 Å². The molecule has 0 aliphatic heterocycles. The quantitative estimate of drug-likeness (QED) is 0.433. The van der Waals surface area contributed by atoms with Gasteiger partial charge in [0.1, 0.15) is 0 Å². The Morgan fingerprint density at radius 3 is 2.45 bits per heavy atom. The molecule has 0 fully saturated rings. The molecule has 0 saturated carbocycles. The molecule has 0 spiro atoms. The van der Waals surface area contributed by atoms with Crippen molar-refractivity contribution in [1.29, 1.82) is 0 Å². The highest BCUT2D eigenvalue weighted by Crippen LogP contribution is 2.22. The van der Waals surface area contributed by atoms with Gasteiger partial charge in [-0.05, 0) is 42.8 Å². The molecular weight excluding hydrogens is 442 g/mol. The molecule has 0 unspecified atom stereocenters. The van der Waals surface area contributed by atoms with Gasteiger partial charge in [0.25, 0.3) is 11.8 Å². The number of amides is 2. The van der Waals surface area contributed by atoms with Crippen LogP contribution in [0.25, 0.3) is 5.78 Å². The Kier molecular flexibility index (Phi) is 6.18. The number of sulfone groups is 1. The minimum absolute atomic E-state index is 0.0368. The van der Waals surface area contributed by atoms with Crippen LogP contribution in [0.15, 0.2) is 83.1 Å². The molecule has 0 aliphatic carbocycles. The molecule has 4 rings (SSSR count). The number of carbonyl (C=O) groups excluding carboxylic acids is 2. The minimum Gasteiger partial charge on any atom is -0.352 e. The molecule has 33 heavy (non-hydrogen) atoms. The average Bonchev–Trinajstić information content (AvgIpc) is 3.31. The fourth-order valence-electron chi connectivity index (χ4n) is 3.21. The number of rotatable bonds is 7. The van der Waals surface area contributed by atoms with Crippen molar-refractivity contribution in [2.75, 3.05) is 6.54 Å². The molecule has 0 aliphatic rings. The molecule has 2 aromatic heterocycles. The van der Waals surface area contributed by atoms with Gasteiger partial charge in [-0.2, -0.15) is 0 Å². The summed E-state index contributed by atoms with van der Waals surface area (Å²) in [5.41, 5.74) is 1.39. The number of hydrogen-bond donors (Lipinski definition) is 2. The van der Waals surface area contributed by atoms with Crippen molar-refractivity contribution in [3.05, 3.63) is 90.0 Å². The average molecular weight is 464 g/mol. The van der Waals surface area contributed by atoms with E-state index in [2.05, 4.69) is 20.6 Å². The number of hydrogen-bond acceptors (Lipinski definition) is 6. The van der Waals surface area contributed by atoms with Gasteiger partial charge in [0, 0.05) is 43.4 Å². The van der Waals surface area contributed by atoms with Gasteiger partial charge in [0.15, 0.2) is 0 Å². The Hall–Kier alpha value is -4.05. The van der Waals surface area contributed by atoms with E-state index in [9.17, 15) is 18.0 Å². The van der Waals surface area contributed by atoms with Crippen LogP contribution in [0.4, 0.5) is 0 Å². The fourth-order valence-corrected chi connectivity index (χ4v) is 4.51. The van der Waals surface area contributed by atoms with Crippen molar-refractivity contribution >= 4 is 27.4 Å². The number of aromatic nitrogens is 3. The van der Waals surface area contributed by atoms with Crippen molar-refractivity contribution in [3.8, 4) is 0 Å². The summed E-state index contributed by atoms with van der Waals surface area (Å²) in [4.78, 5) is 32.7. The molecule has 2 aromatic carbocycles. The largest absolute Gasteiger partial charge is 0.352 e. The third-order valence-corrected chi connectivity index (χ3v) is 6.71. The predicted molar refractivity (Wildman–Crippen MR) is 121 cm³/mol. The molecule has 0 bridgehead atoms. The van der Waals surface area contributed by atoms with Gasteiger partial charge in [0.2, 0.25) is 15.6 Å². The monoisotopic (exact) mass is 463 g/mol. The summed E-state index contributed by atoms with van der Waals surface area (Å²) >= 11 is 0. The molecule has 0 atom stereocenters. The van der Waals surface area contributed by atoms with E-state index in [0.29, 0.717) is 17.9 Å². The van der Waals surface area contributed by atoms with Crippen LogP contribution in [0.5, 0.6) is 0 Å². The first-order valence-corrected chi connectivity index (χ1v) is 11.7. The van der Waals surface area contributed by atoms with Gasteiger partial charge in [0.05, 0.1) is 15.4 Å². The molecule has 2 amide bonds. The van der Waals surface area contributed by atoms with Gasteiger partial charge < -0.3 is 10.6 Å². The standard InChI is InChI=1S/C23H21N5O4S/c1-2-24-21(29)17-4-3-5-20(12-17)33(31,32)19-8-6-16(7-9-19)13-26-22(30)18-14-27-23-25-10-11-28(23)15-18/h3-12,14-15H,2,13H2,1H3,(H,24,29)(H,26,30). The first kappa shape index (κ1) is 22.2. The van der Waals surface area contributed by atoms with Crippen molar-refractivity contribution in [2.24, 2.45) is 0 Å². The summed E-state index contributed by atoms with van der Waals surface area (Å²) in [6, 6.07) is 12.2. The van der Waals surface area contributed by atoms with Crippen LogP contribution >= 0.6 is 0 Å². The topological polar surface area (TPSA) is 123 Å². The zero-order valence-corrected chi connectivity index (χ0v) is 18.5. The lowest BCUT2D eigenvalue weighted by atomic mass is 10.2. The highest BCUT2D eigenvalue weighted by molar-refractivity contribution is 7.91. The zero-order chi connectivity index (χ0) is 23.4. The molecule has 10 heteroatoms. The van der Waals surface area contributed by atoms with Crippen molar-refractivity contribution in [2.45, 2.75) is 23.3 Å². The fraction of sp³-hybridized carbons (Fsp3) is 0.130. The van der Waals surface area contributed by atoms with Crippen LogP contribution in [-0.4, -0.2) is 41.1 Å². The lowest BCUT2D eigenvalue weighted by molar-refractivity contribution is 0.0944. The third-order valence-electron chi connectivity index (χ3n) is 4.94. The Balaban J connectivity index is 1.45. The molecule has 4 aromatic rings. The molecule has 2 N–H and O–H groups in total. The first-order valence-electron chi connectivity index (χ1n) is 10.2. The van der Waals surface area contributed by atoms with E-state index in [1.807, 2.05) is 0 Å². The Morgan fingerprint density at radius 1 is 0.939 bits per heavy atom. The van der Waals surface area contributed by atoms with Gasteiger partial charge in [-0.1, -0.05) is 18.2 Å². The van der Waals surface area contributed by atoms with E-state index in [-0.39, 0.29) is 33.7 Å². The molecule has 168 valence electrons. The summed E-state index contributed by atoms with van der Waals surface area (Å²) in [5.74, 6) is -0.139. The van der Waals surface area contributed by atoms with Crippen molar-refractivity contribution in [3.63, 3.8) is 0 Å². The van der Waals surface area contributed by atoms with Crippen LogP contribution in [-0.2, 0) is 16.4 Å². The Bertz CT molecular complexity index is 1430. The van der Waals surface area contributed by atoms with Gasteiger partial charge in [-0.3, -0.25) is 14.0 Å². The normalized spacial score (nSPS) is 11.3. The van der Waals surface area contributed by atoms with Crippen LogP contribution in [0.1, 0.15) is 33.2 Å². The van der Waals surface area contributed by atoms with Gasteiger partial charge >= 0.3 is 0 Å². The molecule has 0 radical (unpaired) electrons. The van der Waals surface area contributed by atoms with E-state index in [0.717, 1.165) is 5.56 Å². The minimum atomic E-state index is -3.80. The number of nitrogens with zero attached hydrogens (tertiary/aromatic N) is 3. The number of imidazole rings is 1. The maximum atomic E-state index is 13.0. The molecule has 9 nitrogen and oxygen atoms in total. The highest BCUT2D eigenvalue weighted by Gasteiger charge is 2.19. The zero-order valence-electron chi connectivity index (χ0n) is 17.7. The predicted octanol–water partition coefficient (Wildman–Crippen LogP) is 2.24. The van der Waals surface area contributed by atoms with Crippen molar-refractivity contribution in [1.82, 2.24) is 25.0 Å². The lowest BCUT2D eigenvalue weighted by Crippen LogP contribution is -2.23. The van der Waals surface area contributed by atoms with Gasteiger partial charge in [-0.25, -0.2) is 18.4 Å². The summed E-state index contributed by atoms with van der Waals surface area (Å²) in [6.07, 6.45) is 6.37. The number of fused-ring (bicyclic) bond motifs is 1. The third kappa shape index (κ3) is 4.75. The molecule has 0 saturated heterocycles. The highest BCUT2D eigenvalue weighted by atomic mass is 32.2. The summed E-state index contributed by atoms with van der Waals surface area (Å²) in [7, 11) is -3.80. The maximum absolute atomic E-state index is 13.0. The van der Waals surface area contributed by atoms with Crippen LogP contribution in [0, 0.1) is 0 Å². The van der Waals surface area contributed by atoms with E-state index < -0.39 is 9.84 Å². The first-order chi connectivity index (χ1) is 15.9. The number of benzene rings is 2. The number of carbonyl (C=O) groups is 2. The Labute approximate surface area is 190 Å². The number of nitrogens with one attached hydrogen (secondary N) is 2. The second-order valence-corrected chi connectivity index (χ2v) is 9.14. The van der Waals surface area contributed by atoms with Gasteiger partial charge in [-0.15, -0.1) is 0 Å². The second kappa shape index (κ2) is 9.21. The summed E-state index contributed by atoms with van der Waals surface area (Å²) in [5, 5.41) is 5.44. The summed E-state index contributed by atoms with van der Waals surface area (Å²) in [6.45, 7) is 2.45. The van der Waals surface area contributed by atoms with E-state index >= 15 is 0 Å². The second-order valence-electron chi connectivity index (χ2n) is 7.19. The SMILES string of the molecule is CCNC(=O)c1cccc(S(=O)(=O)c2ccc(CNC(=O)c3cnc4nccn4c3)cc2)c1. The lowest BCUT2D eigenvalue weighted by Gasteiger charge is -2.09. The van der Waals surface area contributed by atoms with E-state index in [1.54, 1.807) is 48.1 Å².